The Morgan fingerprint density at radius 2 is 2.00 bits per heavy atom. The van der Waals surface area contributed by atoms with Crippen LogP contribution in [-0.4, -0.2) is 7.11 Å². The van der Waals surface area contributed by atoms with E-state index in [2.05, 4.69) is 21.2 Å². The quantitative estimate of drug-likeness (QED) is 0.845. The van der Waals surface area contributed by atoms with E-state index in [-0.39, 0.29) is 5.82 Å². The van der Waals surface area contributed by atoms with Crippen LogP contribution in [0.15, 0.2) is 40.9 Å². The molecule has 0 aliphatic rings. The first kappa shape index (κ1) is 12.7. The highest BCUT2D eigenvalue weighted by Gasteiger charge is 2.05. The van der Waals surface area contributed by atoms with Crippen molar-refractivity contribution in [2.24, 2.45) is 0 Å². The second kappa shape index (κ2) is 5.27. The van der Waals surface area contributed by atoms with Crippen LogP contribution >= 0.6 is 15.9 Å². The third kappa shape index (κ3) is 2.92. The van der Waals surface area contributed by atoms with E-state index in [1.54, 1.807) is 37.4 Å². The van der Waals surface area contributed by atoms with Gasteiger partial charge in [0.25, 0.3) is 0 Å². The molecule has 0 fully saturated rings. The van der Waals surface area contributed by atoms with E-state index in [0.717, 1.165) is 0 Å². The third-order valence-corrected chi connectivity index (χ3v) is 2.87. The summed E-state index contributed by atoms with van der Waals surface area (Å²) in [6.07, 6.45) is 0. The van der Waals surface area contributed by atoms with Crippen molar-refractivity contribution in [3.05, 3.63) is 46.7 Å². The molecule has 0 radical (unpaired) electrons. The molecule has 3 N–H and O–H groups in total. The Hall–Kier alpha value is -1.75. The van der Waals surface area contributed by atoms with Crippen LogP contribution < -0.4 is 15.8 Å². The largest absolute Gasteiger partial charge is 0.497 e. The van der Waals surface area contributed by atoms with Crippen LogP contribution in [0.4, 0.5) is 21.5 Å². The van der Waals surface area contributed by atoms with Gasteiger partial charge in [-0.05, 0) is 24.3 Å². The average Bonchev–Trinajstić information content (AvgIpc) is 2.32. The maximum atomic E-state index is 13.7. The van der Waals surface area contributed by atoms with E-state index >= 15 is 0 Å². The number of ether oxygens (including phenoxy) is 1. The lowest BCUT2D eigenvalue weighted by atomic mass is 10.2. The Labute approximate surface area is 113 Å². The summed E-state index contributed by atoms with van der Waals surface area (Å²) in [5.74, 6) is 0.279. The molecule has 0 atom stereocenters. The predicted molar refractivity (Wildman–Crippen MR) is 74.8 cm³/mol. The Kier molecular flexibility index (Phi) is 3.72. The minimum Gasteiger partial charge on any atom is -0.497 e. The van der Waals surface area contributed by atoms with E-state index in [0.29, 0.717) is 27.3 Å². The van der Waals surface area contributed by atoms with Crippen molar-refractivity contribution in [2.75, 3.05) is 18.2 Å². The van der Waals surface area contributed by atoms with Crippen LogP contribution in [0.2, 0.25) is 0 Å². The van der Waals surface area contributed by atoms with E-state index in [1.807, 2.05) is 0 Å². The number of hydrogen-bond donors (Lipinski definition) is 2. The van der Waals surface area contributed by atoms with Crippen molar-refractivity contribution in [2.45, 2.75) is 0 Å². The van der Waals surface area contributed by atoms with E-state index in [1.165, 1.54) is 6.07 Å². The lowest BCUT2D eigenvalue weighted by molar-refractivity contribution is 0.415. The van der Waals surface area contributed by atoms with Gasteiger partial charge in [-0.15, -0.1) is 0 Å². The summed E-state index contributed by atoms with van der Waals surface area (Å²) in [7, 11) is 1.55. The Morgan fingerprint density at radius 3 is 2.67 bits per heavy atom. The number of halogens is 2. The zero-order valence-corrected chi connectivity index (χ0v) is 11.3. The first-order valence-electron chi connectivity index (χ1n) is 5.25. The van der Waals surface area contributed by atoms with Gasteiger partial charge in [0.05, 0.1) is 12.8 Å². The molecule has 0 aliphatic heterocycles. The van der Waals surface area contributed by atoms with Crippen molar-refractivity contribution in [1.82, 2.24) is 0 Å². The lowest BCUT2D eigenvalue weighted by Gasteiger charge is -2.10. The highest BCUT2D eigenvalue weighted by atomic mass is 79.9. The Bertz CT molecular complexity index is 575. The smallest absolute Gasteiger partial charge is 0.147 e. The van der Waals surface area contributed by atoms with Gasteiger partial charge in [0.1, 0.15) is 11.6 Å². The summed E-state index contributed by atoms with van der Waals surface area (Å²) in [5, 5.41) is 2.96. The van der Waals surface area contributed by atoms with Crippen LogP contribution in [0.5, 0.6) is 5.75 Å². The van der Waals surface area contributed by atoms with Crippen LogP contribution in [0.25, 0.3) is 0 Å². The van der Waals surface area contributed by atoms with Gasteiger partial charge >= 0.3 is 0 Å². The molecule has 2 aromatic carbocycles. The molecule has 0 unspecified atom stereocenters. The average molecular weight is 311 g/mol. The molecular formula is C13H12BrFN2O. The molecule has 0 aliphatic carbocycles. The monoisotopic (exact) mass is 310 g/mol. The van der Waals surface area contributed by atoms with Crippen molar-refractivity contribution in [3.8, 4) is 5.75 Å². The first-order valence-corrected chi connectivity index (χ1v) is 6.04. The minimum atomic E-state index is -0.342. The summed E-state index contributed by atoms with van der Waals surface area (Å²) in [5.41, 5.74) is 7.33. The molecule has 0 spiro atoms. The van der Waals surface area contributed by atoms with Crippen molar-refractivity contribution < 1.29 is 9.13 Å². The summed E-state index contributed by atoms with van der Waals surface area (Å²) in [6.45, 7) is 0. The number of nitrogens with two attached hydrogens (primary N) is 1. The fourth-order valence-electron chi connectivity index (χ4n) is 1.56. The molecular weight excluding hydrogens is 299 g/mol. The van der Waals surface area contributed by atoms with Gasteiger partial charge in [-0.25, -0.2) is 4.39 Å². The Balaban J connectivity index is 2.30. The number of rotatable bonds is 3. The molecule has 0 bridgehead atoms. The fraction of sp³-hybridized carbons (Fsp3) is 0.0769. The first-order chi connectivity index (χ1) is 8.58. The van der Waals surface area contributed by atoms with Crippen LogP contribution in [0.3, 0.4) is 0 Å². The Morgan fingerprint density at radius 1 is 1.22 bits per heavy atom. The molecule has 3 nitrogen and oxygen atoms in total. The van der Waals surface area contributed by atoms with Crippen molar-refractivity contribution >= 4 is 33.0 Å². The van der Waals surface area contributed by atoms with E-state index in [4.69, 9.17) is 10.5 Å². The second-order valence-electron chi connectivity index (χ2n) is 3.74. The highest BCUT2D eigenvalue weighted by molar-refractivity contribution is 9.10. The van der Waals surface area contributed by atoms with Crippen LogP contribution in [0, 0.1) is 5.82 Å². The molecule has 2 aromatic rings. The molecule has 0 aromatic heterocycles. The number of hydrogen-bond acceptors (Lipinski definition) is 3. The van der Waals surface area contributed by atoms with Gasteiger partial charge < -0.3 is 15.8 Å². The van der Waals surface area contributed by atoms with Gasteiger partial charge in [-0.2, -0.15) is 0 Å². The maximum absolute atomic E-state index is 13.7. The third-order valence-electron chi connectivity index (χ3n) is 2.37. The molecule has 0 amide bonds. The number of methoxy groups -OCH3 is 1. The number of benzene rings is 2. The minimum absolute atomic E-state index is 0.342. The van der Waals surface area contributed by atoms with Crippen LogP contribution in [0.1, 0.15) is 0 Å². The normalized spacial score (nSPS) is 10.2. The molecule has 5 heteroatoms. The summed E-state index contributed by atoms with van der Waals surface area (Å²) < 4.78 is 19.5. The molecule has 18 heavy (non-hydrogen) atoms. The topological polar surface area (TPSA) is 47.3 Å². The maximum Gasteiger partial charge on any atom is 0.147 e. The summed E-state index contributed by atoms with van der Waals surface area (Å²) >= 11 is 3.21. The van der Waals surface area contributed by atoms with Gasteiger partial charge in [0.15, 0.2) is 0 Å². The van der Waals surface area contributed by atoms with Gasteiger partial charge in [-0.1, -0.05) is 15.9 Å². The lowest BCUT2D eigenvalue weighted by Crippen LogP contribution is -1.96. The summed E-state index contributed by atoms with van der Waals surface area (Å²) in [6, 6.07) is 9.96. The van der Waals surface area contributed by atoms with E-state index < -0.39 is 0 Å². The molecule has 2 rings (SSSR count). The predicted octanol–water partition coefficient (Wildman–Crippen LogP) is 3.92. The number of anilines is 3. The van der Waals surface area contributed by atoms with Gasteiger partial charge in [0, 0.05) is 28.0 Å². The van der Waals surface area contributed by atoms with Gasteiger partial charge in [-0.3, -0.25) is 0 Å². The molecule has 94 valence electrons. The highest BCUT2D eigenvalue weighted by Crippen LogP contribution is 2.27. The standard InChI is InChI=1S/C13H12BrFN2O/c1-18-11-6-9(16)5-10(7-11)17-13-3-2-8(14)4-12(13)15/h2-7,17H,16H2,1H3. The SMILES string of the molecule is COc1cc(N)cc(Nc2ccc(Br)cc2F)c1. The summed E-state index contributed by atoms with van der Waals surface area (Å²) in [4.78, 5) is 0. The van der Waals surface area contributed by atoms with Crippen LogP contribution in [-0.2, 0) is 0 Å². The van der Waals surface area contributed by atoms with Crippen molar-refractivity contribution in [1.29, 1.82) is 0 Å². The molecule has 0 heterocycles. The molecule has 0 saturated carbocycles. The second-order valence-corrected chi connectivity index (χ2v) is 4.66. The zero-order chi connectivity index (χ0) is 13.1. The number of nitrogen functional groups attached to an aromatic ring is 1. The van der Waals surface area contributed by atoms with Crippen molar-refractivity contribution in [3.63, 3.8) is 0 Å². The molecule has 0 saturated heterocycles. The van der Waals surface area contributed by atoms with E-state index in [9.17, 15) is 4.39 Å². The zero-order valence-electron chi connectivity index (χ0n) is 9.71. The van der Waals surface area contributed by atoms with Gasteiger partial charge in [0.2, 0.25) is 0 Å². The fourth-order valence-corrected chi connectivity index (χ4v) is 1.89. The number of nitrogens with one attached hydrogen (secondary N) is 1.